The summed E-state index contributed by atoms with van der Waals surface area (Å²) in [5, 5.41) is 17.9. The second-order valence-corrected chi connectivity index (χ2v) is 10.4. The van der Waals surface area contributed by atoms with Crippen LogP contribution in [-0.4, -0.2) is 14.2 Å². The highest BCUT2D eigenvalue weighted by Crippen LogP contribution is 2.37. The molecule has 0 aliphatic heterocycles. The third-order valence-electron chi connectivity index (χ3n) is 8.14. The highest BCUT2D eigenvalue weighted by molar-refractivity contribution is 6.09. The lowest BCUT2D eigenvalue weighted by atomic mass is 9.86. The van der Waals surface area contributed by atoms with Crippen molar-refractivity contribution in [3.05, 3.63) is 144 Å². The van der Waals surface area contributed by atoms with E-state index in [0.29, 0.717) is 6.42 Å². The average molecular weight is 503 g/mol. The Morgan fingerprint density at radius 3 is 1.82 bits per heavy atom. The average Bonchev–Trinajstić information content (AvgIpc) is 3.50. The van der Waals surface area contributed by atoms with Gasteiger partial charge in [-0.25, -0.2) is 0 Å². The summed E-state index contributed by atoms with van der Waals surface area (Å²) >= 11 is 0. The molecule has 3 heteroatoms. The molecule has 0 radical (unpaired) electrons. The fourth-order valence-corrected chi connectivity index (χ4v) is 6.34. The quantitative estimate of drug-likeness (QED) is 0.291. The van der Waals surface area contributed by atoms with Crippen molar-refractivity contribution in [2.24, 2.45) is 0 Å². The van der Waals surface area contributed by atoms with Crippen molar-refractivity contribution in [1.29, 1.82) is 0 Å². The number of aliphatic hydroxyl groups is 1. The maximum absolute atomic E-state index is 12.2. The lowest BCUT2D eigenvalue weighted by Gasteiger charge is -2.26. The highest BCUT2D eigenvalue weighted by atomic mass is 16.3. The molecule has 1 atom stereocenters. The monoisotopic (exact) mass is 502 g/mol. The Morgan fingerprint density at radius 2 is 1.10 bits per heavy atom. The van der Waals surface area contributed by atoms with Crippen LogP contribution in [0, 0.1) is 0 Å². The Balaban J connectivity index is 1.36. The van der Waals surface area contributed by atoms with Gasteiger partial charge in [-0.2, -0.15) is 0 Å². The molecule has 39 heavy (non-hydrogen) atoms. The lowest BCUT2D eigenvalue weighted by Crippen LogP contribution is -2.38. The van der Waals surface area contributed by atoms with E-state index in [4.69, 9.17) is 0 Å². The molecule has 186 valence electrons. The second-order valence-electron chi connectivity index (χ2n) is 10.4. The molecule has 3 nitrogen and oxygen atoms in total. The first-order valence-corrected chi connectivity index (χ1v) is 13.4. The van der Waals surface area contributed by atoms with E-state index in [2.05, 4.69) is 137 Å². The summed E-state index contributed by atoms with van der Waals surface area (Å²) in [5.41, 5.74) is 5.50. The molecule has 1 aliphatic carbocycles. The topological polar surface area (TPSA) is 30.1 Å². The van der Waals surface area contributed by atoms with E-state index in [9.17, 15) is 5.11 Å². The van der Waals surface area contributed by atoms with E-state index in [1.165, 1.54) is 5.39 Å². The van der Waals surface area contributed by atoms with Crippen molar-refractivity contribution in [3.63, 3.8) is 0 Å². The third kappa shape index (κ3) is 3.27. The third-order valence-corrected chi connectivity index (χ3v) is 8.14. The van der Waals surface area contributed by atoms with Crippen LogP contribution in [0.3, 0.4) is 0 Å². The SMILES string of the molecule is OC1(c2ccc3c(c2)c2ccccc2n3-c2ccccc2)C=c2c(n(-c3ccccc3)c3ccccc23)=CC1. The standard InChI is InChI=1S/C36H26N2O/c39-36(22-21-35-31(24-36)29-16-8-10-18-33(29)38(35)27-13-5-2-6-14-27)25-19-20-34-30(23-25)28-15-7-9-17-32(28)37(34)26-11-3-1-4-12-26/h1-21,23-24,39H,22H2. The van der Waals surface area contributed by atoms with Gasteiger partial charge in [-0.1, -0.05) is 84.9 Å². The maximum Gasteiger partial charge on any atom is 0.112 e. The molecule has 0 bridgehead atoms. The molecular formula is C36H26N2O. The minimum atomic E-state index is -1.11. The summed E-state index contributed by atoms with van der Waals surface area (Å²) in [6.07, 6.45) is 4.77. The Hall–Kier alpha value is -4.86. The Morgan fingerprint density at radius 1 is 0.538 bits per heavy atom. The number of benzene rings is 5. The normalized spacial score (nSPS) is 16.7. The molecule has 2 heterocycles. The van der Waals surface area contributed by atoms with Gasteiger partial charge in [-0.05, 0) is 60.2 Å². The van der Waals surface area contributed by atoms with Crippen molar-refractivity contribution in [2.75, 3.05) is 0 Å². The Labute approximate surface area is 225 Å². The molecule has 1 N–H and O–H groups in total. The minimum Gasteiger partial charge on any atom is -0.381 e. The molecule has 8 rings (SSSR count). The summed E-state index contributed by atoms with van der Waals surface area (Å²) < 4.78 is 4.61. The van der Waals surface area contributed by atoms with Gasteiger partial charge in [-0.15, -0.1) is 0 Å². The molecule has 7 aromatic rings. The molecule has 0 spiro atoms. The molecule has 1 unspecified atom stereocenters. The fourth-order valence-electron chi connectivity index (χ4n) is 6.34. The van der Waals surface area contributed by atoms with Gasteiger partial charge in [-0.3, -0.25) is 0 Å². The van der Waals surface area contributed by atoms with Crippen LogP contribution >= 0.6 is 0 Å². The summed E-state index contributed by atoms with van der Waals surface area (Å²) in [5.74, 6) is 0. The number of hydrogen-bond donors (Lipinski definition) is 1. The van der Waals surface area contributed by atoms with Crippen LogP contribution in [0.1, 0.15) is 12.0 Å². The number of rotatable bonds is 3. The highest BCUT2D eigenvalue weighted by Gasteiger charge is 2.30. The van der Waals surface area contributed by atoms with E-state index < -0.39 is 5.60 Å². The Bertz CT molecular complexity index is 2150. The van der Waals surface area contributed by atoms with Crippen LogP contribution in [0.15, 0.2) is 127 Å². The maximum atomic E-state index is 12.2. The largest absolute Gasteiger partial charge is 0.381 e. The number of fused-ring (bicyclic) bond motifs is 6. The summed E-state index contributed by atoms with van der Waals surface area (Å²) in [4.78, 5) is 0. The first-order valence-electron chi connectivity index (χ1n) is 13.4. The number of aromatic nitrogens is 2. The molecule has 0 saturated carbocycles. The predicted octanol–water partition coefficient (Wildman–Crippen LogP) is 6.58. The van der Waals surface area contributed by atoms with Crippen molar-refractivity contribution < 1.29 is 5.11 Å². The van der Waals surface area contributed by atoms with Crippen LogP contribution in [0.4, 0.5) is 0 Å². The zero-order valence-electron chi connectivity index (χ0n) is 21.3. The number of para-hydroxylation sites is 4. The van der Waals surface area contributed by atoms with Gasteiger partial charge in [0.15, 0.2) is 0 Å². The Kier molecular flexibility index (Phi) is 4.73. The van der Waals surface area contributed by atoms with Crippen LogP contribution in [0.25, 0.3) is 56.2 Å². The zero-order chi connectivity index (χ0) is 26.0. The van der Waals surface area contributed by atoms with Gasteiger partial charge < -0.3 is 14.2 Å². The van der Waals surface area contributed by atoms with E-state index >= 15 is 0 Å². The molecule has 0 fully saturated rings. The van der Waals surface area contributed by atoms with Crippen LogP contribution in [0.5, 0.6) is 0 Å². The van der Waals surface area contributed by atoms with Gasteiger partial charge in [0.2, 0.25) is 0 Å². The molecule has 5 aromatic carbocycles. The van der Waals surface area contributed by atoms with Gasteiger partial charge in [0.05, 0.1) is 21.9 Å². The van der Waals surface area contributed by atoms with Gasteiger partial charge >= 0.3 is 0 Å². The molecule has 0 amide bonds. The van der Waals surface area contributed by atoms with Crippen LogP contribution < -0.4 is 10.6 Å². The first-order chi connectivity index (χ1) is 19.2. The smallest absolute Gasteiger partial charge is 0.112 e. The predicted molar refractivity (Wildman–Crippen MR) is 161 cm³/mol. The van der Waals surface area contributed by atoms with E-state index in [1.807, 2.05) is 12.1 Å². The summed E-state index contributed by atoms with van der Waals surface area (Å²) in [6.45, 7) is 0. The van der Waals surface area contributed by atoms with Crippen LogP contribution in [-0.2, 0) is 5.60 Å². The molecular weight excluding hydrogens is 476 g/mol. The molecule has 0 saturated heterocycles. The number of nitrogens with zero attached hydrogens (tertiary/aromatic N) is 2. The van der Waals surface area contributed by atoms with Gasteiger partial charge in [0.25, 0.3) is 0 Å². The fraction of sp³-hybridized carbons (Fsp3) is 0.0556. The first kappa shape index (κ1) is 22.2. The van der Waals surface area contributed by atoms with Gasteiger partial charge in [0.1, 0.15) is 5.60 Å². The molecule has 2 aromatic heterocycles. The zero-order valence-corrected chi connectivity index (χ0v) is 21.3. The van der Waals surface area contributed by atoms with Crippen LogP contribution in [0.2, 0.25) is 0 Å². The van der Waals surface area contributed by atoms with Crippen molar-refractivity contribution in [2.45, 2.75) is 12.0 Å². The van der Waals surface area contributed by atoms with E-state index in [-0.39, 0.29) is 0 Å². The van der Waals surface area contributed by atoms with Crippen molar-refractivity contribution in [1.82, 2.24) is 9.13 Å². The summed E-state index contributed by atoms with van der Waals surface area (Å²) in [7, 11) is 0. The summed E-state index contributed by atoms with van der Waals surface area (Å²) in [6, 6.07) is 44.3. The molecule has 1 aliphatic rings. The van der Waals surface area contributed by atoms with E-state index in [1.54, 1.807) is 0 Å². The van der Waals surface area contributed by atoms with Gasteiger partial charge in [0, 0.05) is 39.2 Å². The van der Waals surface area contributed by atoms with Crippen molar-refractivity contribution in [3.8, 4) is 11.4 Å². The number of hydrogen-bond acceptors (Lipinski definition) is 1. The lowest BCUT2D eigenvalue weighted by molar-refractivity contribution is 0.113. The minimum absolute atomic E-state index is 0.506. The van der Waals surface area contributed by atoms with Crippen molar-refractivity contribution >= 4 is 44.9 Å². The van der Waals surface area contributed by atoms with E-state index in [0.717, 1.165) is 54.8 Å². The second kappa shape index (κ2) is 8.32.